The number of anilines is 1. The molecule has 2 aromatic carbocycles. The lowest BCUT2D eigenvalue weighted by Gasteiger charge is -2.20. The van der Waals surface area contributed by atoms with Gasteiger partial charge in [-0.15, -0.1) is 0 Å². The highest BCUT2D eigenvalue weighted by Crippen LogP contribution is 2.49. The summed E-state index contributed by atoms with van der Waals surface area (Å²) in [6.07, 6.45) is 1.11. The van der Waals surface area contributed by atoms with Gasteiger partial charge in [0.2, 0.25) is 5.91 Å². The number of rotatable bonds is 6. The Morgan fingerprint density at radius 1 is 0.921 bits per heavy atom. The molecule has 7 nitrogen and oxygen atoms in total. The molecule has 0 heterocycles. The van der Waals surface area contributed by atoms with E-state index in [1.54, 1.807) is 24.3 Å². The van der Waals surface area contributed by atoms with Crippen molar-refractivity contribution in [2.24, 2.45) is 0 Å². The average Bonchev–Trinajstić information content (AvgIpc) is 3.48. The molecule has 0 aliphatic heterocycles. The maximum Gasteiger partial charge on any atom is 0.490 e. The Hall–Kier alpha value is -3.08. The highest BCUT2D eigenvalue weighted by Gasteiger charge is 2.51. The molecule has 3 N–H and O–H groups in total. The molecule has 208 valence electrons. The van der Waals surface area contributed by atoms with Crippen LogP contribution in [0.4, 0.5) is 18.9 Å². The summed E-state index contributed by atoms with van der Waals surface area (Å²) in [6, 6.07) is 14.6. The van der Waals surface area contributed by atoms with Crippen molar-refractivity contribution in [3.05, 3.63) is 59.7 Å². The summed E-state index contributed by atoms with van der Waals surface area (Å²) < 4.78 is 60.0. The number of benzene rings is 2. The van der Waals surface area contributed by atoms with Crippen molar-refractivity contribution in [1.82, 2.24) is 5.32 Å². The zero-order valence-electron chi connectivity index (χ0n) is 21.6. The van der Waals surface area contributed by atoms with E-state index in [1.807, 2.05) is 24.3 Å². The van der Waals surface area contributed by atoms with E-state index in [2.05, 4.69) is 30.8 Å². The van der Waals surface area contributed by atoms with Crippen LogP contribution in [0.2, 0.25) is 0 Å². The molecule has 4 rings (SSSR count). The van der Waals surface area contributed by atoms with Gasteiger partial charge in [-0.25, -0.2) is 13.2 Å². The topological polar surface area (TPSA) is 113 Å². The van der Waals surface area contributed by atoms with Gasteiger partial charge < -0.3 is 10.4 Å². The Morgan fingerprint density at radius 3 is 1.84 bits per heavy atom. The molecule has 2 aliphatic carbocycles. The monoisotopic (exact) mass is 554 g/mol. The molecule has 0 unspecified atom stereocenters. The van der Waals surface area contributed by atoms with Crippen LogP contribution in [0.25, 0.3) is 0 Å². The molecule has 1 amide bonds. The van der Waals surface area contributed by atoms with Crippen molar-refractivity contribution in [3.8, 4) is 0 Å². The van der Waals surface area contributed by atoms with Crippen LogP contribution >= 0.6 is 0 Å². The second-order valence-electron chi connectivity index (χ2n) is 10.8. The lowest BCUT2D eigenvalue weighted by Crippen LogP contribution is -2.40. The number of carbonyl (C=O) groups excluding carboxylic acids is 1. The van der Waals surface area contributed by atoms with Gasteiger partial charge in [0.25, 0.3) is 10.0 Å². The molecule has 2 aliphatic rings. The van der Waals surface area contributed by atoms with Crippen LogP contribution < -0.4 is 10.0 Å². The smallest absolute Gasteiger partial charge is 0.475 e. The first kappa shape index (κ1) is 29.5. The third-order valence-electron chi connectivity index (χ3n) is 6.84. The number of aliphatic carboxylic acids is 1. The SMILES string of the molecule is CC(C)(C)c1ccc(S(=O)(=O)Nc2ccc(C3(C(=O)NC4CCCC4)CC3)cc2)cc1.O=C(O)C(F)(F)F. The van der Waals surface area contributed by atoms with Gasteiger partial charge in [-0.3, -0.25) is 9.52 Å². The van der Waals surface area contributed by atoms with Gasteiger partial charge >= 0.3 is 12.1 Å². The first-order valence-electron chi connectivity index (χ1n) is 12.4. The normalized spacial score (nSPS) is 17.2. The summed E-state index contributed by atoms with van der Waals surface area (Å²) in [7, 11) is -3.67. The van der Waals surface area contributed by atoms with Crippen molar-refractivity contribution in [2.45, 2.75) is 87.2 Å². The van der Waals surface area contributed by atoms with Gasteiger partial charge in [0, 0.05) is 11.7 Å². The summed E-state index contributed by atoms with van der Waals surface area (Å²) in [5.41, 5.74) is 2.06. The fourth-order valence-electron chi connectivity index (χ4n) is 4.37. The molecule has 0 saturated heterocycles. The van der Waals surface area contributed by atoms with Crippen LogP contribution in [0.5, 0.6) is 0 Å². The van der Waals surface area contributed by atoms with Gasteiger partial charge in [0.15, 0.2) is 0 Å². The van der Waals surface area contributed by atoms with Gasteiger partial charge in [-0.2, -0.15) is 13.2 Å². The summed E-state index contributed by atoms with van der Waals surface area (Å²) in [5, 5.41) is 10.3. The number of hydrogen-bond acceptors (Lipinski definition) is 4. The maximum absolute atomic E-state index is 12.9. The molecule has 0 aromatic heterocycles. The average molecular weight is 555 g/mol. The molecule has 0 atom stereocenters. The molecule has 2 saturated carbocycles. The highest BCUT2D eigenvalue weighted by atomic mass is 32.2. The number of carboxylic acid groups (broad SMARTS) is 1. The van der Waals surface area contributed by atoms with E-state index in [0.717, 1.165) is 36.8 Å². The van der Waals surface area contributed by atoms with Crippen LogP contribution in [-0.4, -0.2) is 37.6 Å². The van der Waals surface area contributed by atoms with Crippen LogP contribution in [0.15, 0.2) is 53.4 Å². The van der Waals surface area contributed by atoms with E-state index in [4.69, 9.17) is 9.90 Å². The lowest BCUT2D eigenvalue weighted by molar-refractivity contribution is -0.192. The third-order valence-corrected chi connectivity index (χ3v) is 8.24. The van der Waals surface area contributed by atoms with Gasteiger partial charge in [-0.1, -0.05) is 57.9 Å². The summed E-state index contributed by atoms with van der Waals surface area (Å²) in [6.45, 7) is 6.28. The quantitative estimate of drug-likeness (QED) is 0.436. The van der Waals surface area contributed by atoms with Gasteiger partial charge in [0.1, 0.15) is 0 Å². The molecule has 38 heavy (non-hydrogen) atoms. The van der Waals surface area contributed by atoms with E-state index in [1.165, 1.54) is 12.8 Å². The first-order valence-corrected chi connectivity index (χ1v) is 13.9. The van der Waals surface area contributed by atoms with Crippen LogP contribution in [0, 0.1) is 0 Å². The fraction of sp³-hybridized carbons (Fsp3) is 0.481. The summed E-state index contributed by atoms with van der Waals surface area (Å²) in [5.74, 6) is -2.64. The molecule has 0 bridgehead atoms. The van der Waals surface area contributed by atoms with Crippen molar-refractivity contribution in [3.63, 3.8) is 0 Å². The summed E-state index contributed by atoms with van der Waals surface area (Å²) >= 11 is 0. The Kier molecular flexibility index (Phi) is 8.50. The number of amides is 1. The molecular weight excluding hydrogens is 521 g/mol. The molecule has 2 aromatic rings. The highest BCUT2D eigenvalue weighted by molar-refractivity contribution is 7.92. The van der Waals surface area contributed by atoms with E-state index >= 15 is 0 Å². The minimum atomic E-state index is -5.08. The number of carboxylic acids is 1. The van der Waals surface area contributed by atoms with Crippen LogP contribution in [0.1, 0.15) is 70.4 Å². The second kappa shape index (κ2) is 11.0. The van der Waals surface area contributed by atoms with Crippen LogP contribution in [0.3, 0.4) is 0 Å². The van der Waals surface area contributed by atoms with Crippen molar-refractivity contribution >= 4 is 27.6 Å². The number of halogens is 3. The molecular formula is C27H33F3N2O5S. The Balaban J connectivity index is 0.000000505. The lowest BCUT2D eigenvalue weighted by atomic mass is 9.87. The molecule has 0 spiro atoms. The fourth-order valence-corrected chi connectivity index (χ4v) is 5.43. The van der Waals surface area contributed by atoms with E-state index in [0.29, 0.717) is 11.7 Å². The number of sulfonamides is 1. The predicted molar refractivity (Wildman–Crippen MR) is 137 cm³/mol. The zero-order valence-corrected chi connectivity index (χ0v) is 22.4. The minimum absolute atomic E-state index is 0.0334. The van der Waals surface area contributed by atoms with Crippen molar-refractivity contribution in [2.75, 3.05) is 4.72 Å². The van der Waals surface area contributed by atoms with Crippen molar-refractivity contribution < 1.29 is 36.3 Å². The third kappa shape index (κ3) is 7.27. The summed E-state index contributed by atoms with van der Waals surface area (Å²) in [4.78, 5) is 22.0. The zero-order chi connectivity index (χ0) is 28.4. The predicted octanol–water partition coefficient (Wildman–Crippen LogP) is 5.51. The number of carbonyl (C=O) groups is 2. The Bertz CT molecular complexity index is 1240. The van der Waals surface area contributed by atoms with E-state index < -0.39 is 27.6 Å². The second-order valence-corrected chi connectivity index (χ2v) is 12.5. The Morgan fingerprint density at radius 2 is 1.42 bits per heavy atom. The minimum Gasteiger partial charge on any atom is -0.475 e. The van der Waals surface area contributed by atoms with Gasteiger partial charge in [0.05, 0.1) is 10.3 Å². The number of alkyl halides is 3. The van der Waals surface area contributed by atoms with Gasteiger partial charge in [-0.05, 0) is 66.5 Å². The van der Waals surface area contributed by atoms with E-state index in [-0.39, 0.29) is 16.2 Å². The molecule has 11 heteroatoms. The molecule has 0 radical (unpaired) electrons. The van der Waals surface area contributed by atoms with Crippen molar-refractivity contribution in [1.29, 1.82) is 0 Å². The first-order chi connectivity index (χ1) is 17.5. The van der Waals surface area contributed by atoms with Crippen LogP contribution in [-0.2, 0) is 30.4 Å². The van der Waals surface area contributed by atoms with E-state index in [9.17, 15) is 26.4 Å². The standard InChI is InChI=1S/C25H32N2O3S.C2HF3O2/c1-24(2,3)18-10-14-22(15-11-18)31(29,30)27-21-12-8-19(9-13-21)25(16-17-25)23(28)26-20-6-4-5-7-20;3-2(4,5)1(6)7/h8-15,20,27H,4-7,16-17H2,1-3H3,(H,26,28);(H,6,7). The number of hydrogen-bond donors (Lipinski definition) is 3. The number of nitrogens with one attached hydrogen (secondary N) is 2. The maximum atomic E-state index is 12.9. The Labute approximate surface area is 220 Å². The molecule has 2 fully saturated rings. The largest absolute Gasteiger partial charge is 0.490 e.